The summed E-state index contributed by atoms with van der Waals surface area (Å²) in [6, 6.07) is 4.67. The fraction of sp³-hybridized carbons (Fsp3) is 0.222. The van der Waals surface area contributed by atoms with E-state index in [1.54, 1.807) is 12.1 Å². The zero-order chi connectivity index (χ0) is 11.4. The molecule has 0 aliphatic heterocycles. The fourth-order valence-corrected chi connectivity index (χ4v) is 1.35. The van der Waals surface area contributed by atoms with Crippen molar-refractivity contribution >= 4 is 21.8 Å². The van der Waals surface area contributed by atoms with Crippen LogP contribution >= 0.6 is 15.9 Å². The first kappa shape index (κ1) is 11.9. The largest absolute Gasteiger partial charge is 0.487 e. The summed E-state index contributed by atoms with van der Waals surface area (Å²) in [5, 5.41) is 7.25. The number of hydrogen-bond acceptors (Lipinski definition) is 2. The number of amidine groups is 1. The molecule has 0 aliphatic carbocycles. The normalized spacial score (nSPS) is 10.4. The number of alkyl halides is 2. The highest BCUT2D eigenvalue weighted by Gasteiger charge is 2.10. The molecule has 0 heterocycles. The summed E-state index contributed by atoms with van der Waals surface area (Å²) in [6.45, 7) is -0.706. The van der Waals surface area contributed by atoms with Crippen LogP contribution in [0, 0.1) is 5.41 Å². The lowest BCUT2D eigenvalue weighted by Gasteiger charge is -2.10. The summed E-state index contributed by atoms with van der Waals surface area (Å²) in [7, 11) is 0. The molecule has 0 fully saturated rings. The third-order valence-corrected chi connectivity index (χ3v) is 2.09. The standard InChI is InChI=1S/C9H9BrF2N2O/c10-5-1-2-7(15-4-8(11)12)6(3-5)9(13)14/h1-3,8H,4H2,(H3,13,14). The van der Waals surface area contributed by atoms with E-state index in [9.17, 15) is 8.78 Å². The summed E-state index contributed by atoms with van der Waals surface area (Å²) >= 11 is 3.19. The molecule has 0 aliphatic rings. The highest BCUT2D eigenvalue weighted by Crippen LogP contribution is 2.23. The maximum absolute atomic E-state index is 11.9. The summed E-state index contributed by atoms with van der Waals surface area (Å²) in [5.74, 6) is -0.0356. The van der Waals surface area contributed by atoms with Crippen LogP contribution in [0.1, 0.15) is 5.56 Å². The Labute approximate surface area is 93.9 Å². The van der Waals surface area contributed by atoms with E-state index >= 15 is 0 Å². The second-order valence-electron chi connectivity index (χ2n) is 2.76. The Morgan fingerprint density at radius 3 is 2.73 bits per heavy atom. The average Bonchev–Trinajstić information content (AvgIpc) is 2.15. The first-order chi connectivity index (χ1) is 7.00. The van der Waals surface area contributed by atoms with Gasteiger partial charge in [0.1, 0.15) is 18.2 Å². The van der Waals surface area contributed by atoms with Gasteiger partial charge in [-0.1, -0.05) is 15.9 Å². The van der Waals surface area contributed by atoms with Gasteiger partial charge in [-0.2, -0.15) is 0 Å². The van der Waals surface area contributed by atoms with E-state index in [4.69, 9.17) is 15.9 Å². The molecule has 0 amide bonds. The minimum absolute atomic E-state index is 0.186. The first-order valence-corrected chi connectivity index (χ1v) is 4.85. The van der Waals surface area contributed by atoms with E-state index in [1.807, 2.05) is 0 Å². The summed E-state index contributed by atoms with van der Waals surface area (Å²) in [4.78, 5) is 0. The van der Waals surface area contributed by atoms with Crippen LogP contribution in [0.15, 0.2) is 22.7 Å². The number of hydrogen-bond donors (Lipinski definition) is 2. The summed E-state index contributed by atoms with van der Waals surface area (Å²) in [6.07, 6.45) is -2.55. The van der Waals surface area contributed by atoms with Crippen LogP contribution in [0.4, 0.5) is 8.78 Å². The Morgan fingerprint density at radius 1 is 1.53 bits per heavy atom. The SMILES string of the molecule is N=C(N)c1cc(Br)ccc1OCC(F)F. The summed E-state index contributed by atoms with van der Waals surface area (Å²) in [5.41, 5.74) is 5.58. The molecular formula is C9H9BrF2N2O. The van der Waals surface area contributed by atoms with Crippen molar-refractivity contribution in [2.24, 2.45) is 5.73 Å². The molecule has 0 unspecified atom stereocenters. The van der Waals surface area contributed by atoms with Crippen LogP contribution in [0.2, 0.25) is 0 Å². The van der Waals surface area contributed by atoms with E-state index in [1.165, 1.54) is 6.07 Å². The molecule has 1 aromatic carbocycles. The number of ether oxygens (including phenoxy) is 1. The van der Waals surface area contributed by atoms with Gasteiger partial charge in [0.2, 0.25) is 0 Å². The van der Waals surface area contributed by atoms with E-state index in [0.29, 0.717) is 10.0 Å². The predicted molar refractivity (Wildman–Crippen MR) is 56.7 cm³/mol. The van der Waals surface area contributed by atoms with Gasteiger partial charge in [0.25, 0.3) is 6.43 Å². The Balaban J connectivity index is 2.91. The number of rotatable bonds is 4. The van der Waals surface area contributed by atoms with Gasteiger partial charge in [-0.15, -0.1) is 0 Å². The molecule has 0 aromatic heterocycles. The number of nitrogens with two attached hydrogens (primary N) is 1. The van der Waals surface area contributed by atoms with Gasteiger partial charge in [-0.3, -0.25) is 5.41 Å². The van der Waals surface area contributed by atoms with Crippen LogP contribution in [0.25, 0.3) is 0 Å². The molecule has 6 heteroatoms. The minimum atomic E-state index is -2.55. The molecule has 0 saturated carbocycles. The number of halogens is 3. The van der Waals surface area contributed by atoms with Crippen LogP contribution in [0.5, 0.6) is 5.75 Å². The Hall–Kier alpha value is -1.17. The monoisotopic (exact) mass is 278 g/mol. The Bertz CT molecular complexity index is 371. The molecule has 0 atom stereocenters. The van der Waals surface area contributed by atoms with Crippen molar-refractivity contribution in [1.82, 2.24) is 0 Å². The zero-order valence-corrected chi connectivity index (χ0v) is 9.22. The minimum Gasteiger partial charge on any atom is -0.487 e. The van der Waals surface area contributed by atoms with Gasteiger partial charge in [0, 0.05) is 4.47 Å². The molecule has 1 rings (SSSR count). The molecule has 0 bridgehead atoms. The van der Waals surface area contributed by atoms with E-state index in [-0.39, 0.29) is 11.6 Å². The van der Waals surface area contributed by atoms with Crippen molar-refractivity contribution < 1.29 is 13.5 Å². The number of nitrogens with one attached hydrogen (secondary N) is 1. The van der Waals surface area contributed by atoms with Gasteiger partial charge < -0.3 is 10.5 Å². The Kier molecular flexibility index (Phi) is 4.02. The lowest BCUT2D eigenvalue weighted by Crippen LogP contribution is -2.15. The maximum Gasteiger partial charge on any atom is 0.272 e. The zero-order valence-electron chi connectivity index (χ0n) is 7.64. The highest BCUT2D eigenvalue weighted by atomic mass is 79.9. The lowest BCUT2D eigenvalue weighted by atomic mass is 10.2. The van der Waals surface area contributed by atoms with Crippen molar-refractivity contribution in [1.29, 1.82) is 5.41 Å². The second-order valence-corrected chi connectivity index (χ2v) is 3.67. The molecule has 15 heavy (non-hydrogen) atoms. The van der Waals surface area contributed by atoms with Gasteiger partial charge in [0.15, 0.2) is 0 Å². The van der Waals surface area contributed by atoms with Gasteiger partial charge in [-0.25, -0.2) is 8.78 Å². The average molecular weight is 279 g/mol. The third kappa shape index (κ3) is 3.47. The first-order valence-electron chi connectivity index (χ1n) is 4.05. The quantitative estimate of drug-likeness (QED) is 0.656. The fourth-order valence-electron chi connectivity index (χ4n) is 0.991. The van der Waals surface area contributed by atoms with E-state index < -0.39 is 13.0 Å². The summed E-state index contributed by atoms with van der Waals surface area (Å²) < 4.78 is 29.4. The molecule has 0 spiro atoms. The molecular weight excluding hydrogens is 270 g/mol. The van der Waals surface area contributed by atoms with E-state index in [0.717, 1.165) is 0 Å². The second kappa shape index (κ2) is 5.06. The van der Waals surface area contributed by atoms with Crippen LogP contribution < -0.4 is 10.5 Å². The molecule has 82 valence electrons. The van der Waals surface area contributed by atoms with Crippen LogP contribution in [0.3, 0.4) is 0 Å². The number of nitrogen functional groups attached to an aromatic ring is 1. The van der Waals surface area contributed by atoms with Crippen molar-refractivity contribution in [2.45, 2.75) is 6.43 Å². The molecule has 0 saturated heterocycles. The van der Waals surface area contributed by atoms with Gasteiger partial charge >= 0.3 is 0 Å². The molecule has 1 aromatic rings. The van der Waals surface area contributed by atoms with E-state index in [2.05, 4.69) is 15.9 Å². The maximum atomic E-state index is 11.9. The van der Waals surface area contributed by atoms with Gasteiger partial charge in [0.05, 0.1) is 5.56 Å². The van der Waals surface area contributed by atoms with Crippen molar-refractivity contribution in [3.8, 4) is 5.75 Å². The van der Waals surface area contributed by atoms with Gasteiger partial charge in [-0.05, 0) is 18.2 Å². The smallest absolute Gasteiger partial charge is 0.272 e. The third-order valence-electron chi connectivity index (χ3n) is 1.60. The molecule has 0 radical (unpaired) electrons. The highest BCUT2D eigenvalue weighted by molar-refractivity contribution is 9.10. The number of benzene rings is 1. The van der Waals surface area contributed by atoms with Crippen LogP contribution in [-0.2, 0) is 0 Å². The lowest BCUT2D eigenvalue weighted by molar-refractivity contribution is 0.0818. The van der Waals surface area contributed by atoms with Crippen LogP contribution in [-0.4, -0.2) is 18.9 Å². The van der Waals surface area contributed by atoms with Crippen molar-refractivity contribution in [2.75, 3.05) is 6.61 Å². The molecule has 3 N–H and O–H groups in total. The molecule has 3 nitrogen and oxygen atoms in total. The Morgan fingerprint density at radius 2 is 2.20 bits per heavy atom. The topological polar surface area (TPSA) is 59.1 Å². The van der Waals surface area contributed by atoms with Crippen molar-refractivity contribution in [3.63, 3.8) is 0 Å². The van der Waals surface area contributed by atoms with Crippen molar-refractivity contribution in [3.05, 3.63) is 28.2 Å². The predicted octanol–water partition coefficient (Wildman–Crippen LogP) is 2.38.